The van der Waals surface area contributed by atoms with Gasteiger partial charge in [-0.05, 0) is 36.2 Å². The molecule has 18 heavy (non-hydrogen) atoms. The van der Waals surface area contributed by atoms with Gasteiger partial charge in [-0.2, -0.15) is 0 Å². The Morgan fingerprint density at radius 2 is 2.22 bits per heavy atom. The number of aromatic nitrogens is 2. The quantitative estimate of drug-likeness (QED) is 0.942. The van der Waals surface area contributed by atoms with Gasteiger partial charge in [0.15, 0.2) is 0 Å². The van der Waals surface area contributed by atoms with Gasteiger partial charge in [0, 0.05) is 10.7 Å². The largest absolute Gasteiger partial charge is 0.497 e. The second-order valence-corrected chi connectivity index (χ2v) is 4.76. The van der Waals surface area contributed by atoms with E-state index < -0.39 is 0 Å². The van der Waals surface area contributed by atoms with Gasteiger partial charge >= 0.3 is 0 Å². The molecule has 2 N–H and O–H groups in total. The van der Waals surface area contributed by atoms with Gasteiger partial charge in [-0.1, -0.05) is 15.9 Å². The number of halogens is 1. The molecular weight excluding hydrogens is 294 g/mol. The average molecular weight is 308 g/mol. The maximum atomic E-state index is 6.14. The smallest absolute Gasteiger partial charge is 0.119 e. The molecule has 1 aromatic carbocycles. The minimum absolute atomic E-state index is 0.156. The van der Waals surface area contributed by atoms with Gasteiger partial charge in [0.1, 0.15) is 12.1 Å². The molecule has 94 valence electrons. The van der Waals surface area contributed by atoms with Crippen molar-refractivity contribution in [3.8, 4) is 5.75 Å². The molecule has 0 fully saturated rings. The molecule has 0 aliphatic heterocycles. The standard InChI is InChI=1S/C13H14BrN3O/c1-18-10-2-3-11(14)9(6-10)7-12(15)13-4-5-16-8-17-13/h2-6,8,12H,7,15H2,1H3. The summed E-state index contributed by atoms with van der Waals surface area (Å²) < 4.78 is 6.23. The highest BCUT2D eigenvalue weighted by Crippen LogP contribution is 2.25. The maximum absolute atomic E-state index is 6.14. The lowest BCUT2D eigenvalue weighted by Crippen LogP contribution is -2.15. The van der Waals surface area contributed by atoms with E-state index in [1.165, 1.54) is 6.33 Å². The summed E-state index contributed by atoms with van der Waals surface area (Å²) in [5, 5.41) is 0. The molecular formula is C13H14BrN3O. The van der Waals surface area contributed by atoms with Gasteiger partial charge in [0.05, 0.1) is 18.8 Å². The molecule has 0 radical (unpaired) electrons. The van der Waals surface area contributed by atoms with Crippen molar-refractivity contribution >= 4 is 15.9 Å². The van der Waals surface area contributed by atoms with Crippen LogP contribution in [-0.4, -0.2) is 17.1 Å². The molecule has 2 aromatic rings. The van der Waals surface area contributed by atoms with Gasteiger partial charge < -0.3 is 10.5 Å². The molecule has 1 aromatic heterocycles. The number of nitrogens with two attached hydrogens (primary N) is 1. The van der Waals surface area contributed by atoms with Crippen LogP contribution in [-0.2, 0) is 6.42 Å². The average Bonchev–Trinajstić information content (AvgIpc) is 2.42. The maximum Gasteiger partial charge on any atom is 0.119 e. The Hall–Kier alpha value is -1.46. The third kappa shape index (κ3) is 3.05. The predicted molar refractivity (Wildman–Crippen MR) is 73.4 cm³/mol. The molecule has 2 rings (SSSR count). The first kappa shape index (κ1) is 13.0. The van der Waals surface area contributed by atoms with Crippen LogP contribution < -0.4 is 10.5 Å². The molecule has 0 amide bonds. The lowest BCUT2D eigenvalue weighted by molar-refractivity contribution is 0.414. The number of nitrogens with zero attached hydrogens (tertiary/aromatic N) is 2. The van der Waals surface area contributed by atoms with Gasteiger partial charge in [-0.15, -0.1) is 0 Å². The number of ether oxygens (including phenoxy) is 1. The Labute approximate surface area is 114 Å². The highest BCUT2D eigenvalue weighted by atomic mass is 79.9. The van der Waals surface area contributed by atoms with E-state index in [0.717, 1.165) is 21.5 Å². The minimum atomic E-state index is -0.156. The summed E-state index contributed by atoms with van der Waals surface area (Å²) in [6.07, 6.45) is 3.90. The molecule has 0 aliphatic rings. The van der Waals surface area contributed by atoms with Crippen LogP contribution in [0.15, 0.2) is 41.3 Å². The molecule has 0 spiro atoms. The van der Waals surface area contributed by atoms with Crippen LogP contribution in [0, 0.1) is 0 Å². The van der Waals surface area contributed by atoms with Crippen molar-refractivity contribution in [1.82, 2.24) is 9.97 Å². The second kappa shape index (κ2) is 5.93. The van der Waals surface area contributed by atoms with E-state index in [-0.39, 0.29) is 6.04 Å². The number of methoxy groups -OCH3 is 1. The molecule has 1 unspecified atom stereocenters. The summed E-state index contributed by atoms with van der Waals surface area (Å²) in [7, 11) is 1.65. The summed E-state index contributed by atoms with van der Waals surface area (Å²) in [4.78, 5) is 8.05. The Kier molecular flexibility index (Phi) is 4.28. The topological polar surface area (TPSA) is 61.0 Å². The van der Waals surface area contributed by atoms with Crippen molar-refractivity contribution in [2.45, 2.75) is 12.5 Å². The molecule has 5 heteroatoms. The van der Waals surface area contributed by atoms with E-state index in [0.29, 0.717) is 6.42 Å². The number of hydrogen-bond acceptors (Lipinski definition) is 4. The van der Waals surface area contributed by atoms with Crippen LogP contribution in [0.4, 0.5) is 0 Å². The zero-order chi connectivity index (χ0) is 13.0. The van der Waals surface area contributed by atoms with Crippen LogP contribution in [0.1, 0.15) is 17.3 Å². The number of benzene rings is 1. The van der Waals surface area contributed by atoms with Crippen LogP contribution in [0.5, 0.6) is 5.75 Å². The van der Waals surface area contributed by atoms with Crippen molar-refractivity contribution in [2.75, 3.05) is 7.11 Å². The minimum Gasteiger partial charge on any atom is -0.497 e. The van der Waals surface area contributed by atoms with Crippen molar-refractivity contribution in [2.24, 2.45) is 5.73 Å². The van der Waals surface area contributed by atoms with Gasteiger partial charge in [-0.25, -0.2) is 9.97 Å². The molecule has 1 heterocycles. The van der Waals surface area contributed by atoms with E-state index in [1.807, 2.05) is 24.3 Å². The Balaban J connectivity index is 2.18. The van der Waals surface area contributed by atoms with Gasteiger partial charge in [0.2, 0.25) is 0 Å². The zero-order valence-corrected chi connectivity index (χ0v) is 11.6. The summed E-state index contributed by atoms with van der Waals surface area (Å²) >= 11 is 3.52. The van der Waals surface area contributed by atoms with Crippen molar-refractivity contribution in [3.63, 3.8) is 0 Å². The third-order valence-corrected chi connectivity index (χ3v) is 3.45. The lowest BCUT2D eigenvalue weighted by atomic mass is 10.0. The lowest BCUT2D eigenvalue weighted by Gasteiger charge is -2.13. The summed E-state index contributed by atoms with van der Waals surface area (Å²) in [6.45, 7) is 0. The summed E-state index contributed by atoms with van der Waals surface area (Å²) in [5.74, 6) is 0.822. The van der Waals surface area contributed by atoms with Gasteiger partial charge in [0.25, 0.3) is 0 Å². The van der Waals surface area contributed by atoms with Gasteiger partial charge in [-0.3, -0.25) is 0 Å². The first-order valence-electron chi connectivity index (χ1n) is 5.54. The van der Waals surface area contributed by atoms with Crippen LogP contribution in [0.3, 0.4) is 0 Å². The first-order valence-corrected chi connectivity index (χ1v) is 6.34. The predicted octanol–water partition coefficient (Wildman–Crippen LogP) is 2.49. The summed E-state index contributed by atoms with van der Waals surface area (Å²) in [5.41, 5.74) is 8.07. The van der Waals surface area contributed by atoms with Crippen molar-refractivity contribution < 1.29 is 4.74 Å². The van der Waals surface area contributed by atoms with Crippen LogP contribution in [0.25, 0.3) is 0 Å². The molecule has 1 atom stereocenters. The number of rotatable bonds is 4. The fraction of sp³-hybridized carbons (Fsp3) is 0.231. The molecule has 4 nitrogen and oxygen atoms in total. The molecule has 0 saturated heterocycles. The van der Waals surface area contributed by atoms with E-state index >= 15 is 0 Å². The normalized spacial score (nSPS) is 12.2. The zero-order valence-electron chi connectivity index (χ0n) is 10.0. The Morgan fingerprint density at radius 3 is 2.89 bits per heavy atom. The summed E-state index contributed by atoms with van der Waals surface area (Å²) in [6, 6.07) is 7.52. The molecule has 0 aliphatic carbocycles. The van der Waals surface area contributed by atoms with Crippen LogP contribution >= 0.6 is 15.9 Å². The van der Waals surface area contributed by atoms with Crippen LogP contribution in [0.2, 0.25) is 0 Å². The fourth-order valence-electron chi connectivity index (χ4n) is 1.70. The second-order valence-electron chi connectivity index (χ2n) is 3.90. The molecule has 0 saturated carbocycles. The Bertz CT molecular complexity index is 519. The SMILES string of the molecule is COc1ccc(Br)c(CC(N)c2ccncn2)c1. The van der Waals surface area contributed by atoms with E-state index in [2.05, 4.69) is 25.9 Å². The highest BCUT2D eigenvalue weighted by molar-refractivity contribution is 9.10. The monoisotopic (exact) mass is 307 g/mol. The van der Waals surface area contributed by atoms with E-state index in [4.69, 9.17) is 10.5 Å². The molecule has 0 bridgehead atoms. The Morgan fingerprint density at radius 1 is 1.39 bits per heavy atom. The van der Waals surface area contributed by atoms with Crippen molar-refractivity contribution in [1.29, 1.82) is 0 Å². The third-order valence-electron chi connectivity index (χ3n) is 2.68. The first-order chi connectivity index (χ1) is 8.70. The van der Waals surface area contributed by atoms with Crippen molar-refractivity contribution in [3.05, 3.63) is 52.5 Å². The van der Waals surface area contributed by atoms with E-state index in [9.17, 15) is 0 Å². The fourth-order valence-corrected chi connectivity index (χ4v) is 2.10. The van der Waals surface area contributed by atoms with E-state index in [1.54, 1.807) is 13.3 Å². The highest BCUT2D eigenvalue weighted by Gasteiger charge is 2.11. The number of hydrogen-bond donors (Lipinski definition) is 1.